The standard InChI is InChI=1S/C27H24N4O3/c1-18-4-10-21(11-5-18)25-16-24(30-31(25)23-14-6-19(2)7-15-23)26(32)29-28-17-20-8-12-22(13-9-20)27(33)34-3/h4-17H,1-3H3,(H,29,32)/b28-17-. The number of methoxy groups -OCH3 is 1. The van der Waals surface area contributed by atoms with Gasteiger partial charge in [-0.2, -0.15) is 10.2 Å². The SMILES string of the molecule is COC(=O)c1ccc(/C=N\NC(=O)c2cc(-c3ccc(C)cc3)n(-c3ccc(C)cc3)n2)cc1. The number of aromatic nitrogens is 2. The first-order valence-electron chi connectivity index (χ1n) is 10.7. The maximum absolute atomic E-state index is 12.8. The topological polar surface area (TPSA) is 85.6 Å². The smallest absolute Gasteiger partial charge is 0.337 e. The van der Waals surface area contributed by atoms with Crippen LogP contribution in [0.25, 0.3) is 16.9 Å². The Morgan fingerprint density at radius 1 is 0.912 bits per heavy atom. The summed E-state index contributed by atoms with van der Waals surface area (Å²) in [4.78, 5) is 24.3. The summed E-state index contributed by atoms with van der Waals surface area (Å²) in [5.74, 6) is -0.841. The lowest BCUT2D eigenvalue weighted by Crippen LogP contribution is -2.18. The van der Waals surface area contributed by atoms with Gasteiger partial charge in [-0.15, -0.1) is 0 Å². The highest BCUT2D eigenvalue weighted by atomic mass is 16.5. The third-order valence-corrected chi connectivity index (χ3v) is 5.28. The van der Waals surface area contributed by atoms with Gasteiger partial charge < -0.3 is 4.74 Å². The Morgan fingerprint density at radius 3 is 2.15 bits per heavy atom. The van der Waals surface area contributed by atoms with Crippen LogP contribution in [0, 0.1) is 13.8 Å². The molecule has 3 aromatic carbocycles. The number of esters is 1. The van der Waals surface area contributed by atoms with Crippen LogP contribution in [-0.4, -0.2) is 35.0 Å². The number of hydrazone groups is 1. The first-order valence-corrected chi connectivity index (χ1v) is 10.7. The zero-order chi connectivity index (χ0) is 24.1. The summed E-state index contributed by atoms with van der Waals surface area (Å²) in [5.41, 5.74) is 8.82. The molecule has 1 aromatic heterocycles. The number of rotatable bonds is 6. The molecule has 0 bridgehead atoms. The predicted molar refractivity (Wildman–Crippen MR) is 131 cm³/mol. The van der Waals surface area contributed by atoms with Crippen molar-refractivity contribution in [1.82, 2.24) is 15.2 Å². The minimum Gasteiger partial charge on any atom is -0.465 e. The lowest BCUT2D eigenvalue weighted by atomic mass is 10.1. The Morgan fingerprint density at radius 2 is 1.53 bits per heavy atom. The number of nitrogens with one attached hydrogen (secondary N) is 1. The van der Waals surface area contributed by atoms with E-state index in [0.29, 0.717) is 5.56 Å². The van der Waals surface area contributed by atoms with Gasteiger partial charge in [0.1, 0.15) is 0 Å². The molecule has 1 heterocycles. The summed E-state index contributed by atoms with van der Waals surface area (Å²) < 4.78 is 6.44. The highest BCUT2D eigenvalue weighted by Crippen LogP contribution is 2.25. The van der Waals surface area contributed by atoms with Crippen LogP contribution >= 0.6 is 0 Å². The molecule has 7 heteroatoms. The van der Waals surface area contributed by atoms with Crippen molar-refractivity contribution in [2.24, 2.45) is 5.10 Å². The van der Waals surface area contributed by atoms with Gasteiger partial charge in [0, 0.05) is 5.56 Å². The highest BCUT2D eigenvalue weighted by molar-refractivity contribution is 5.94. The maximum Gasteiger partial charge on any atom is 0.337 e. The van der Waals surface area contributed by atoms with Crippen molar-refractivity contribution in [2.75, 3.05) is 7.11 Å². The van der Waals surface area contributed by atoms with Crippen molar-refractivity contribution in [1.29, 1.82) is 0 Å². The van der Waals surface area contributed by atoms with Crippen molar-refractivity contribution < 1.29 is 14.3 Å². The predicted octanol–water partition coefficient (Wildman–Crippen LogP) is 4.71. The third-order valence-electron chi connectivity index (χ3n) is 5.28. The zero-order valence-corrected chi connectivity index (χ0v) is 19.1. The average Bonchev–Trinajstić information content (AvgIpc) is 3.30. The first-order chi connectivity index (χ1) is 16.4. The largest absolute Gasteiger partial charge is 0.465 e. The second kappa shape index (κ2) is 9.95. The van der Waals surface area contributed by atoms with Gasteiger partial charge in [-0.1, -0.05) is 59.7 Å². The molecule has 0 saturated heterocycles. The van der Waals surface area contributed by atoms with Crippen LogP contribution in [0.4, 0.5) is 0 Å². The second-order valence-corrected chi connectivity index (χ2v) is 7.84. The molecule has 1 N–H and O–H groups in total. The van der Waals surface area contributed by atoms with Gasteiger partial charge >= 0.3 is 5.97 Å². The molecule has 7 nitrogen and oxygen atoms in total. The second-order valence-electron chi connectivity index (χ2n) is 7.84. The number of nitrogens with zero attached hydrogens (tertiary/aromatic N) is 3. The molecule has 0 spiro atoms. The molecule has 0 aliphatic carbocycles. The zero-order valence-electron chi connectivity index (χ0n) is 19.1. The van der Waals surface area contributed by atoms with E-state index in [9.17, 15) is 9.59 Å². The lowest BCUT2D eigenvalue weighted by molar-refractivity contribution is 0.0600. The van der Waals surface area contributed by atoms with Crippen molar-refractivity contribution in [3.63, 3.8) is 0 Å². The maximum atomic E-state index is 12.8. The minimum absolute atomic E-state index is 0.245. The Hall–Kier alpha value is -4.52. The van der Waals surface area contributed by atoms with E-state index >= 15 is 0 Å². The monoisotopic (exact) mass is 452 g/mol. The van der Waals surface area contributed by atoms with Gasteiger partial charge in [0.05, 0.1) is 30.3 Å². The molecule has 0 atom stereocenters. The van der Waals surface area contributed by atoms with Crippen LogP contribution in [0.15, 0.2) is 84.0 Å². The van der Waals surface area contributed by atoms with Crippen LogP contribution in [0.3, 0.4) is 0 Å². The van der Waals surface area contributed by atoms with E-state index in [4.69, 9.17) is 0 Å². The summed E-state index contributed by atoms with van der Waals surface area (Å²) in [6.45, 7) is 4.05. The van der Waals surface area contributed by atoms with E-state index in [1.165, 1.54) is 13.3 Å². The Kier molecular flexibility index (Phi) is 6.64. The van der Waals surface area contributed by atoms with Gasteiger partial charge in [0.2, 0.25) is 0 Å². The number of ether oxygens (including phenoxy) is 1. The van der Waals surface area contributed by atoms with Gasteiger partial charge in [-0.05, 0) is 49.7 Å². The third kappa shape index (κ3) is 5.10. The van der Waals surface area contributed by atoms with Crippen LogP contribution in [-0.2, 0) is 4.74 Å². The number of carbonyl (C=O) groups excluding carboxylic acids is 2. The van der Waals surface area contributed by atoms with Gasteiger partial charge in [-0.25, -0.2) is 14.9 Å². The van der Waals surface area contributed by atoms with Crippen LogP contribution in [0.5, 0.6) is 0 Å². The van der Waals surface area contributed by atoms with E-state index in [1.807, 2.05) is 62.4 Å². The molecular formula is C27H24N4O3. The molecule has 4 rings (SSSR count). The molecular weight excluding hydrogens is 428 g/mol. The number of hydrogen-bond acceptors (Lipinski definition) is 5. The average molecular weight is 453 g/mol. The molecule has 34 heavy (non-hydrogen) atoms. The minimum atomic E-state index is -0.429. The van der Waals surface area contributed by atoms with Crippen LogP contribution in [0.1, 0.15) is 37.5 Å². The van der Waals surface area contributed by atoms with E-state index < -0.39 is 11.9 Å². The molecule has 1 amide bonds. The van der Waals surface area contributed by atoms with Gasteiger partial charge in [0.25, 0.3) is 5.91 Å². The fourth-order valence-electron chi connectivity index (χ4n) is 3.35. The van der Waals surface area contributed by atoms with Crippen molar-refractivity contribution >= 4 is 18.1 Å². The Labute approximate surface area is 197 Å². The van der Waals surface area contributed by atoms with Gasteiger partial charge in [0.15, 0.2) is 5.69 Å². The van der Waals surface area contributed by atoms with Crippen LogP contribution < -0.4 is 5.43 Å². The molecule has 0 radical (unpaired) electrons. The molecule has 0 saturated carbocycles. The van der Waals surface area contributed by atoms with Crippen LogP contribution in [0.2, 0.25) is 0 Å². The summed E-state index contributed by atoms with van der Waals surface area (Å²) in [5, 5.41) is 8.58. The van der Waals surface area contributed by atoms with E-state index in [0.717, 1.165) is 33.6 Å². The highest BCUT2D eigenvalue weighted by Gasteiger charge is 2.16. The molecule has 0 aliphatic heterocycles. The Bertz CT molecular complexity index is 1270. The fourth-order valence-corrected chi connectivity index (χ4v) is 3.35. The molecule has 0 unspecified atom stereocenters. The van der Waals surface area contributed by atoms with E-state index in [2.05, 4.69) is 20.4 Å². The summed E-state index contributed by atoms with van der Waals surface area (Å²) in [6, 6.07) is 24.5. The number of aryl methyl sites for hydroxylation is 2. The quantitative estimate of drug-likeness (QED) is 0.261. The molecule has 0 aliphatic rings. The number of benzene rings is 3. The van der Waals surface area contributed by atoms with E-state index in [-0.39, 0.29) is 5.69 Å². The number of amides is 1. The van der Waals surface area contributed by atoms with E-state index in [1.54, 1.807) is 35.0 Å². The molecule has 0 fully saturated rings. The lowest BCUT2D eigenvalue weighted by Gasteiger charge is -2.08. The summed E-state index contributed by atoms with van der Waals surface area (Å²) in [6.07, 6.45) is 1.50. The number of hydrogen-bond donors (Lipinski definition) is 1. The number of carbonyl (C=O) groups is 2. The first kappa shape index (κ1) is 22.7. The van der Waals surface area contributed by atoms with Crippen molar-refractivity contribution in [3.05, 3.63) is 107 Å². The van der Waals surface area contributed by atoms with Crippen molar-refractivity contribution in [3.8, 4) is 16.9 Å². The molecule has 170 valence electrons. The van der Waals surface area contributed by atoms with Gasteiger partial charge in [-0.3, -0.25) is 4.79 Å². The van der Waals surface area contributed by atoms with Crippen molar-refractivity contribution in [2.45, 2.75) is 13.8 Å². The fraction of sp³-hybridized carbons (Fsp3) is 0.111. The normalized spacial score (nSPS) is 10.9. The Balaban J connectivity index is 1.57. The summed E-state index contributed by atoms with van der Waals surface area (Å²) in [7, 11) is 1.33. The summed E-state index contributed by atoms with van der Waals surface area (Å²) >= 11 is 0. The molecule has 4 aromatic rings.